The molecule has 0 fully saturated rings. The van der Waals surface area contributed by atoms with Crippen molar-refractivity contribution in [3.63, 3.8) is 0 Å². The molecule has 0 aromatic carbocycles. The summed E-state index contributed by atoms with van der Waals surface area (Å²) in [4.78, 5) is 8.41. The van der Waals surface area contributed by atoms with Crippen LogP contribution in [0.25, 0.3) is 0 Å². The molecule has 1 N–H and O–H groups in total. The van der Waals surface area contributed by atoms with Crippen LogP contribution in [-0.4, -0.2) is 16.0 Å². The molecule has 1 unspecified atom stereocenters. The number of nitrogens with zero attached hydrogens (tertiary/aromatic N) is 2. The normalized spacial score (nSPS) is 12.1. The summed E-state index contributed by atoms with van der Waals surface area (Å²) in [5.74, 6) is 0.715. The third-order valence-corrected chi connectivity index (χ3v) is 2.20. The Morgan fingerprint density at radius 3 is 2.73 bits per heavy atom. The summed E-state index contributed by atoms with van der Waals surface area (Å²) in [6.07, 6.45) is 8.94. The van der Waals surface area contributed by atoms with Crippen molar-refractivity contribution in [1.82, 2.24) is 9.97 Å². The van der Waals surface area contributed by atoms with E-state index in [9.17, 15) is 0 Å². The second-order valence-corrected chi connectivity index (χ2v) is 3.85. The van der Waals surface area contributed by atoms with E-state index >= 15 is 0 Å². The van der Waals surface area contributed by atoms with E-state index in [2.05, 4.69) is 28.8 Å². The molecule has 0 spiro atoms. The lowest BCUT2D eigenvalue weighted by Gasteiger charge is -2.12. The molecule has 1 aromatic rings. The van der Waals surface area contributed by atoms with Crippen LogP contribution in [0, 0.1) is 6.92 Å². The molecule has 1 rings (SSSR count). The number of allylic oxidation sites excluding steroid dienone is 1. The van der Waals surface area contributed by atoms with Crippen molar-refractivity contribution in [1.29, 1.82) is 0 Å². The first-order valence-corrected chi connectivity index (χ1v) is 5.38. The van der Waals surface area contributed by atoms with Gasteiger partial charge >= 0.3 is 0 Å². The Morgan fingerprint density at radius 1 is 1.47 bits per heavy atom. The van der Waals surface area contributed by atoms with E-state index in [4.69, 9.17) is 0 Å². The lowest BCUT2D eigenvalue weighted by molar-refractivity contribution is 0.658. The third kappa shape index (κ3) is 4.58. The van der Waals surface area contributed by atoms with Crippen molar-refractivity contribution in [3.05, 3.63) is 30.6 Å². The van der Waals surface area contributed by atoms with Gasteiger partial charge in [-0.3, -0.25) is 0 Å². The Morgan fingerprint density at radius 2 is 2.13 bits per heavy atom. The Kier molecular flexibility index (Phi) is 4.81. The van der Waals surface area contributed by atoms with Gasteiger partial charge in [-0.05, 0) is 38.7 Å². The molecule has 3 nitrogen and oxygen atoms in total. The van der Waals surface area contributed by atoms with Crippen LogP contribution < -0.4 is 5.32 Å². The fourth-order valence-electron chi connectivity index (χ4n) is 1.33. The van der Waals surface area contributed by atoms with Crippen LogP contribution in [-0.2, 0) is 0 Å². The Bertz CT molecular complexity index is 292. The van der Waals surface area contributed by atoms with Crippen molar-refractivity contribution in [3.8, 4) is 0 Å². The highest BCUT2D eigenvalue weighted by atomic mass is 15.1. The van der Waals surface area contributed by atoms with E-state index in [-0.39, 0.29) is 0 Å². The van der Waals surface area contributed by atoms with Crippen LogP contribution in [0.5, 0.6) is 0 Å². The predicted octanol–water partition coefficient (Wildman–Crippen LogP) is 2.94. The highest BCUT2D eigenvalue weighted by molar-refractivity contribution is 5.25. The van der Waals surface area contributed by atoms with E-state index in [0.717, 1.165) is 24.8 Å². The predicted molar refractivity (Wildman–Crippen MR) is 63.9 cm³/mol. The number of unbranched alkanes of at least 4 members (excludes halogenated alkanes) is 1. The van der Waals surface area contributed by atoms with E-state index in [1.165, 1.54) is 0 Å². The largest absolute Gasteiger partial charge is 0.352 e. The van der Waals surface area contributed by atoms with Gasteiger partial charge in [0.2, 0.25) is 5.95 Å². The van der Waals surface area contributed by atoms with Gasteiger partial charge in [-0.1, -0.05) is 6.08 Å². The topological polar surface area (TPSA) is 37.8 Å². The summed E-state index contributed by atoms with van der Waals surface area (Å²) >= 11 is 0. The number of anilines is 1. The van der Waals surface area contributed by atoms with Crippen LogP contribution in [0.2, 0.25) is 0 Å². The third-order valence-electron chi connectivity index (χ3n) is 2.20. The minimum absolute atomic E-state index is 0.410. The smallest absolute Gasteiger partial charge is 0.222 e. The second kappa shape index (κ2) is 6.17. The van der Waals surface area contributed by atoms with Crippen LogP contribution in [0.4, 0.5) is 5.95 Å². The molecular weight excluding hydrogens is 186 g/mol. The molecule has 0 saturated heterocycles. The maximum Gasteiger partial charge on any atom is 0.222 e. The zero-order valence-electron chi connectivity index (χ0n) is 9.53. The van der Waals surface area contributed by atoms with Crippen LogP contribution >= 0.6 is 0 Å². The van der Waals surface area contributed by atoms with Crippen molar-refractivity contribution in [2.45, 2.75) is 39.2 Å². The van der Waals surface area contributed by atoms with Gasteiger partial charge in [-0.15, -0.1) is 6.58 Å². The minimum Gasteiger partial charge on any atom is -0.352 e. The van der Waals surface area contributed by atoms with Gasteiger partial charge in [0.15, 0.2) is 0 Å². The molecule has 0 bridgehead atoms. The molecule has 0 aliphatic carbocycles. The molecule has 82 valence electrons. The van der Waals surface area contributed by atoms with Crippen molar-refractivity contribution in [2.24, 2.45) is 0 Å². The minimum atomic E-state index is 0.410. The van der Waals surface area contributed by atoms with Gasteiger partial charge in [0, 0.05) is 18.4 Å². The first-order valence-electron chi connectivity index (χ1n) is 5.38. The standard InChI is InChI=1S/C12H19N3/c1-4-5-6-7-11(3)15-12-13-8-10(2)9-14-12/h4,8-9,11H,1,5-7H2,2-3H3,(H,13,14,15). The summed E-state index contributed by atoms with van der Waals surface area (Å²) in [6.45, 7) is 7.83. The number of aryl methyl sites for hydroxylation is 1. The zero-order valence-corrected chi connectivity index (χ0v) is 9.53. The molecule has 0 amide bonds. The van der Waals surface area contributed by atoms with E-state index in [0.29, 0.717) is 12.0 Å². The van der Waals surface area contributed by atoms with E-state index in [1.807, 2.05) is 25.4 Å². The molecule has 15 heavy (non-hydrogen) atoms. The molecule has 3 heteroatoms. The number of rotatable bonds is 6. The van der Waals surface area contributed by atoms with Gasteiger partial charge in [0.25, 0.3) is 0 Å². The highest BCUT2D eigenvalue weighted by Gasteiger charge is 2.02. The molecule has 0 aliphatic heterocycles. The molecule has 1 aromatic heterocycles. The van der Waals surface area contributed by atoms with Gasteiger partial charge in [0.1, 0.15) is 0 Å². The first kappa shape index (κ1) is 11.7. The van der Waals surface area contributed by atoms with E-state index in [1.54, 1.807) is 0 Å². The summed E-state index contributed by atoms with van der Waals surface area (Å²) in [6, 6.07) is 0.410. The Labute approximate surface area is 91.7 Å². The van der Waals surface area contributed by atoms with E-state index < -0.39 is 0 Å². The number of hydrogen-bond acceptors (Lipinski definition) is 3. The molecule has 0 saturated carbocycles. The molecular formula is C12H19N3. The van der Waals surface area contributed by atoms with Crippen molar-refractivity contribution in [2.75, 3.05) is 5.32 Å². The maximum absolute atomic E-state index is 4.20. The van der Waals surface area contributed by atoms with Crippen LogP contribution in [0.1, 0.15) is 31.7 Å². The highest BCUT2D eigenvalue weighted by Crippen LogP contribution is 2.06. The second-order valence-electron chi connectivity index (χ2n) is 3.85. The zero-order chi connectivity index (χ0) is 11.1. The molecule has 0 radical (unpaired) electrons. The van der Waals surface area contributed by atoms with Gasteiger partial charge < -0.3 is 5.32 Å². The maximum atomic E-state index is 4.20. The van der Waals surface area contributed by atoms with Gasteiger partial charge in [-0.2, -0.15) is 0 Å². The Hall–Kier alpha value is -1.38. The number of hydrogen-bond donors (Lipinski definition) is 1. The van der Waals surface area contributed by atoms with Gasteiger partial charge in [0.05, 0.1) is 0 Å². The first-order chi connectivity index (χ1) is 7.22. The van der Waals surface area contributed by atoms with Crippen molar-refractivity contribution < 1.29 is 0 Å². The summed E-state index contributed by atoms with van der Waals surface area (Å²) < 4.78 is 0. The molecule has 1 atom stereocenters. The average molecular weight is 205 g/mol. The van der Waals surface area contributed by atoms with Gasteiger partial charge in [-0.25, -0.2) is 9.97 Å². The Balaban J connectivity index is 2.34. The lowest BCUT2D eigenvalue weighted by Crippen LogP contribution is -2.16. The van der Waals surface area contributed by atoms with Crippen LogP contribution in [0.15, 0.2) is 25.0 Å². The van der Waals surface area contributed by atoms with Crippen molar-refractivity contribution >= 4 is 5.95 Å². The SMILES string of the molecule is C=CCCCC(C)Nc1ncc(C)cn1. The fraction of sp³-hybridized carbons (Fsp3) is 0.500. The monoisotopic (exact) mass is 205 g/mol. The summed E-state index contributed by atoms with van der Waals surface area (Å²) in [7, 11) is 0. The number of aromatic nitrogens is 2. The summed E-state index contributed by atoms with van der Waals surface area (Å²) in [5, 5.41) is 3.27. The average Bonchev–Trinajstić information content (AvgIpc) is 2.22. The summed E-state index contributed by atoms with van der Waals surface area (Å²) in [5.41, 5.74) is 1.08. The molecule has 0 aliphatic rings. The quantitative estimate of drug-likeness (QED) is 0.573. The van der Waals surface area contributed by atoms with Crippen LogP contribution in [0.3, 0.4) is 0 Å². The fourth-order valence-corrected chi connectivity index (χ4v) is 1.33. The molecule has 1 heterocycles. The number of nitrogens with one attached hydrogen (secondary N) is 1. The lowest BCUT2D eigenvalue weighted by atomic mass is 10.1.